The molecule has 0 spiro atoms. The van der Waals surface area contributed by atoms with E-state index in [9.17, 15) is 0 Å². The standard InChI is InChI=1S/C14H15ClN2OS/c15-11-5-6-14(17-10-11)19-8-2-7-18-13-4-1-3-12(16)9-13/h1,3-6,9-10H,2,7-8,16H2. The molecule has 0 saturated carbocycles. The van der Waals surface area contributed by atoms with Crippen LogP contribution in [-0.4, -0.2) is 17.3 Å². The van der Waals surface area contributed by atoms with Crippen molar-refractivity contribution in [1.82, 2.24) is 4.98 Å². The highest BCUT2D eigenvalue weighted by Crippen LogP contribution is 2.19. The van der Waals surface area contributed by atoms with E-state index >= 15 is 0 Å². The van der Waals surface area contributed by atoms with E-state index in [1.54, 1.807) is 18.0 Å². The molecule has 1 heterocycles. The van der Waals surface area contributed by atoms with Crippen LogP contribution in [0.4, 0.5) is 5.69 Å². The molecule has 0 atom stereocenters. The van der Waals surface area contributed by atoms with E-state index in [4.69, 9.17) is 22.1 Å². The van der Waals surface area contributed by atoms with Gasteiger partial charge in [-0.05, 0) is 30.7 Å². The highest BCUT2D eigenvalue weighted by Gasteiger charge is 1.97. The molecule has 2 aromatic rings. The van der Waals surface area contributed by atoms with Crippen molar-refractivity contribution in [2.24, 2.45) is 0 Å². The minimum Gasteiger partial charge on any atom is -0.493 e. The van der Waals surface area contributed by atoms with Gasteiger partial charge in [0.2, 0.25) is 0 Å². The number of benzene rings is 1. The lowest BCUT2D eigenvalue weighted by Gasteiger charge is -2.06. The molecule has 19 heavy (non-hydrogen) atoms. The number of anilines is 1. The predicted molar refractivity (Wildman–Crippen MR) is 80.9 cm³/mol. The molecule has 2 N–H and O–H groups in total. The van der Waals surface area contributed by atoms with E-state index in [-0.39, 0.29) is 0 Å². The Kier molecular flexibility index (Phi) is 5.36. The molecule has 0 aliphatic heterocycles. The first-order valence-electron chi connectivity index (χ1n) is 5.97. The predicted octanol–water partition coefficient (Wildman–Crippen LogP) is 3.88. The van der Waals surface area contributed by atoms with Crippen LogP contribution < -0.4 is 10.5 Å². The molecule has 0 bridgehead atoms. The van der Waals surface area contributed by atoms with Crippen LogP contribution in [0.1, 0.15) is 6.42 Å². The SMILES string of the molecule is Nc1cccc(OCCCSc2ccc(Cl)cn2)c1. The van der Waals surface area contributed by atoms with Crippen LogP contribution in [0.2, 0.25) is 5.02 Å². The Bertz CT molecular complexity index is 519. The van der Waals surface area contributed by atoms with Gasteiger partial charge in [-0.2, -0.15) is 0 Å². The minimum atomic E-state index is 0.661. The normalized spacial score (nSPS) is 10.4. The molecule has 0 fully saturated rings. The maximum absolute atomic E-state index is 5.77. The van der Waals surface area contributed by atoms with E-state index < -0.39 is 0 Å². The zero-order valence-corrected chi connectivity index (χ0v) is 12.0. The molecule has 0 saturated heterocycles. The van der Waals surface area contributed by atoms with Crippen LogP contribution in [0.25, 0.3) is 0 Å². The Labute approximate surface area is 122 Å². The Morgan fingerprint density at radius 1 is 1.26 bits per heavy atom. The van der Waals surface area contributed by atoms with Crippen LogP contribution in [0, 0.1) is 0 Å². The maximum atomic E-state index is 5.77. The fourth-order valence-electron chi connectivity index (χ4n) is 1.48. The van der Waals surface area contributed by atoms with Gasteiger partial charge >= 0.3 is 0 Å². The highest BCUT2D eigenvalue weighted by molar-refractivity contribution is 7.99. The number of nitrogens with two attached hydrogens (primary N) is 1. The van der Waals surface area contributed by atoms with Crippen LogP contribution in [0.5, 0.6) is 5.75 Å². The topological polar surface area (TPSA) is 48.1 Å². The van der Waals surface area contributed by atoms with Gasteiger partial charge < -0.3 is 10.5 Å². The number of hydrogen-bond acceptors (Lipinski definition) is 4. The van der Waals surface area contributed by atoms with Gasteiger partial charge in [0.05, 0.1) is 16.7 Å². The van der Waals surface area contributed by atoms with Crippen LogP contribution in [0.15, 0.2) is 47.6 Å². The number of nitrogens with zero attached hydrogens (tertiary/aromatic N) is 1. The fraction of sp³-hybridized carbons (Fsp3) is 0.214. The summed E-state index contributed by atoms with van der Waals surface area (Å²) in [5.41, 5.74) is 6.39. The molecule has 5 heteroatoms. The average molecular weight is 295 g/mol. The number of aromatic nitrogens is 1. The van der Waals surface area contributed by atoms with Crippen molar-refractivity contribution in [2.75, 3.05) is 18.1 Å². The number of nitrogen functional groups attached to an aromatic ring is 1. The van der Waals surface area contributed by atoms with Crippen molar-refractivity contribution >= 4 is 29.1 Å². The largest absolute Gasteiger partial charge is 0.493 e. The average Bonchev–Trinajstić information content (AvgIpc) is 2.41. The quantitative estimate of drug-likeness (QED) is 0.499. The Hall–Kier alpha value is -1.39. The monoisotopic (exact) mass is 294 g/mol. The molecular formula is C14H15ClN2OS. The number of halogens is 1. The molecule has 1 aromatic carbocycles. The van der Waals surface area contributed by atoms with Gasteiger partial charge in [0.15, 0.2) is 0 Å². The van der Waals surface area contributed by atoms with Gasteiger partial charge in [0.1, 0.15) is 5.75 Å². The second kappa shape index (κ2) is 7.26. The van der Waals surface area contributed by atoms with E-state index in [0.717, 1.165) is 28.6 Å². The van der Waals surface area contributed by atoms with Crippen LogP contribution in [0.3, 0.4) is 0 Å². The second-order valence-corrected chi connectivity index (χ2v) is 5.49. The number of rotatable bonds is 6. The van der Waals surface area contributed by atoms with E-state index in [2.05, 4.69) is 4.98 Å². The third kappa shape index (κ3) is 5.01. The van der Waals surface area contributed by atoms with Crippen LogP contribution >= 0.6 is 23.4 Å². The number of hydrogen-bond donors (Lipinski definition) is 1. The molecule has 1 aromatic heterocycles. The maximum Gasteiger partial charge on any atom is 0.121 e. The summed E-state index contributed by atoms with van der Waals surface area (Å²) in [7, 11) is 0. The van der Waals surface area contributed by atoms with Crippen molar-refractivity contribution in [2.45, 2.75) is 11.4 Å². The van der Waals surface area contributed by atoms with Gasteiger partial charge in [0, 0.05) is 23.7 Å². The van der Waals surface area contributed by atoms with Gasteiger partial charge in [-0.25, -0.2) is 4.98 Å². The summed E-state index contributed by atoms with van der Waals surface area (Å²) in [6.07, 6.45) is 2.61. The smallest absolute Gasteiger partial charge is 0.121 e. The van der Waals surface area contributed by atoms with E-state index in [1.807, 2.05) is 36.4 Å². The first-order valence-corrected chi connectivity index (χ1v) is 7.33. The highest BCUT2D eigenvalue weighted by atomic mass is 35.5. The van der Waals surface area contributed by atoms with Crippen molar-refractivity contribution in [3.63, 3.8) is 0 Å². The molecule has 0 radical (unpaired) electrons. The lowest BCUT2D eigenvalue weighted by atomic mass is 10.3. The van der Waals surface area contributed by atoms with Gasteiger partial charge in [-0.15, -0.1) is 11.8 Å². The summed E-state index contributed by atoms with van der Waals surface area (Å²) in [5, 5.41) is 1.64. The third-order valence-electron chi connectivity index (χ3n) is 2.37. The molecule has 0 aliphatic carbocycles. The van der Waals surface area contributed by atoms with Crippen LogP contribution in [-0.2, 0) is 0 Å². The third-order valence-corrected chi connectivity index (χ3v) is 3.62. The lowest BCUT2D eigenvalue weighted by Crippen LogP contribution is -1.99. The van der Waals surface area contributed by atoms with Crippen molar-refractivity contribution in [1.29, 1.82) is 0 Å². The molecule has 0 unspecified atom stereocenters. The minimum absolute atomic E-state index is 0.661. The molecule has 3 nitrogen and oxygen atoms in total. The van der Waals surface area contributed by atoms with Crippen molar-refractivity contribution in [3.8, 4) is 5.75 Å². The van der Waals surface area contributed by atoms with Crippen molar-refractivity contribution in [3.05, 3.63) is 47.6 Å². The summed E-state index contributed by atoms with van der Waals surface area (Å²) in [6, 6.07) is 11.2. The fourth-order valence-corrected chi connectivity index (χ4v) is 2.35. The van der Waals surface area contributed by atoms with Gasteiger partial charge in [0.25, 0.3) is 0 Å². The lowest BCUT2D eigenvalue weighted by molar-refractivity contribution is 0.319. The molecule has 0 amide bonds. The van der Waals surface area contributed by atoms with Gasteiger partial charge in [-0.3, -0.25) is 0 Å². The summed E-state index contributed by atoms with van der Waals surface area (Å²) >= 11 is 7.47. The van der Waals surface area contributed by atoms with E-state index in [1.165, 1.54) is 0 Å². The molecular weight excluding hydrogens is 280 g/mol. The first-order chi connectivity index (χ1) is 9.24. The number of pyridine rings is 1. The van der Waals surface area contributed by atoms with E-state index in [0.29, 0.717) is 11.6 Å². The molecule has 2 rings (SSSR count). The number of thioether (sulfide) groups is 1. The second-order valence-electron chi connectivity index (χ2n) is 3.94. The Balaban J connectivity index is 1.66. The Morgan fingerprint density at radius 3 is 2.89 bits per heavy atom. The molecule has 100 valence electrons. The molecule has 0 aliphatic rings. The van der Waals surface area contributed by atoms with Crippen molar-refractivity contribution < 1.29 is 4.74 Å². The van der Waals surface area contributed by atoms with Gasteiger partial charge in [-0.1, -0.05) is 17.7 Å². The zero-order valence-electron chi connectivity index (χ0n) is 10.4. The summed E-state index contributed by atoms with van der Waals surface area (Å²) < 4.78 is 5.61. The summed E-state index contributed by atoms with van der Waals surface area (Å²) in [5.74, 6) is 1.77. The number of ether oxygens (including phenoxy) is 1. The first kappa shape index (κ1) is 14.0. The zero-order chi connectivity index (χ0) is 13.5. The summed E-state index contributed by atoms with van der Waals surface area (Å²) in [4.78, 5) is 4.22. The Morgan fingerprint density at radius 2 is 2.16 bits per heavy atom. The summed E-state index contributed by atoms with van der Waals surface area (Å²) in [6.45, 7) is 0.671.